The number of hydrogen-bond donors (Lipinski definition) is 0. The van der Waals surface area contributed by atoms with Crippen molar-refractivity contribution in [1.82, 2.24) is 9.97 Å². The monoisotopic (exact) mass is 276 g/mol. The lowest BCUT2D eigenvalue weighted by Gasteiger charge is -2.41. The van der Waals surface area contributed by atoms with Gasteiger partial charge in [0.25, 0.3) is 0 Å². The average Bonchev–Trinajstić information content (AvgIpc) is 2.79. The van der Waals surface area contributed by atoms with Crippen LogP contribution in [0.5, 0.6) is 0 Å². The first-order valence-electron chi connectivity index (χ1n) is 8.31. The third-order valence-electron chi connectivity index (χ3n) is 6.21. The summed E-state index contributed by atoms with van der Waals surface area (Å²) in [6.45, 7) is 0. The minimum atomic E-state index is 0.326. The lowest BCUT2D eigenvalue weighted by Crippen LogP contribution is -2.35. The van der Waals surface area contributed by atoms with Crippen molar-refractivity contribution >= 4 is 0 Å². The third-order valence-corrected chi connectivity index (χ3v) is 6.21. The van der Waals surface area contributed by atoms with E-state index in [1.165, 1.54) is 61.0 Å². The van der Waals surface area contributed by atoms with Crippen LogP contribution in [0.15, 0.2) is 36.7 Å². The van der Waals surface area contributed by atoms with Crippen LogP contribution in [0.1, 0.15) is 55.7 Å². The van der Waals surface area contributed by atoms with Crippen molar-refractivity contribution in [2.24, 2.45) is 5.92 Å². The molecule has 2 nitrogen and oxygen atoms in total. The zero-order chi connectivity index (χ0) is 13.9. The lowest BCUT2D eigenvalue weighted by molar-refractivity contribution is 0.336. The van der Waals surface area contributed by atoms with Gasteiger partial charge in [-0.3, -0.25) is 9.97 Å². The summed E-state index contributed by atoms with van der Waals surface area (Å²) < 4.78 is 0. The molecular formula is C19H20N2. The summed E-state index contributed by atoms with van der Waals surface area (Å²) in [6, 6.07) is 8.77. The molecule has 2 heterocycles. The molecule has 2 aromatic rings. The molecule has 3 aliphatic carbocycles. The number of rotatable bonds is 0. The van der Waals surface area contributed by atoms with E-state index in [0.717, 1.165) is 5.92 Å². The van der Waals surface area contributed by atoms with Crippen LogP contribution in [0.4, 0.5) is 0 Å². The number of aromatic nitrogens is 2. The zero-order valence-electron chi connectivity index (χ0n) is 12.3. The molecule has 2 aromatic heterocycles. The molecular weight excluding hydrogens is 256 g/mol. The number of fused-ring (bicyclic) bond motifs is 3. The molecule has 3 aliphatic rings. The summed E-state index contributed by atoms with van der Waals surface area (Å²) in [5.74, 6) is 1.46. The number of pyridine rings is 2. The molecule has 5 rings (SSSR count). The van der Waals surface area contributed by atoms with Gasteiger partial charge in [0.1, 0.15) is 0 Å². The fourth-order valence-corrected chi connectivity index (χ4v) is 5.46. The molecule has 2 bridgehead atoms. The summed E-state index contributed by atoms with van der Waals surface area (Å²) >= 11 is 0. The fraction of sp³-hybridized carbons (Fsp3) is 0.474. The summed E-state index contributed by atoms with van der Waals surface area (Å²) in [7, 11) is 0. The van der Waals surface area contributed by atoms with Gasteiger partial charge >= 0.3 is 0 Å². The zero-order valence-corrected chi connectivity index (χ0v) is 12.3. The molecule has 106 valence electrons. The maximum absolute atomic E-state index is 4.84. The number of nitrogens with zero attached hydrogens (tertiary/aromatic N) is 2. The van der Waals surface area contributed by atoms with E-state index in [1.807, 2.05) is 12.4 Å². The van der Waals surface area contributed by atoms with Crippen LogP contribution in [0.3, 0.4) is 0 Å². The molecule has 0 amide bonds. The van der Waals surface area contributed by atoms with Crippen molar-refractivity contribution in [2.45, 2.75) is 49.9 Å². The molecule has 0 saturated heterocycles. The van der Waals surface area contributed by atoms with E-state index >= 15 is 0 Å². The Morgan fingerprint density at radius 1 is 0.952 bits per heavy atom. The smallest absolute Gasteiger partial charge is 0.0758 e. The third kappa shape index (κ3) is 1.43. The van der Waals surface area contributed by atoms with E-state index in [9.17, 15) is 0 Å². The van der Waals surface area contributed by atoms with Crippen molar-refractivity contribution in [3.63, 3.8) is 0 Å². The van der Waals surface area contributed by atoms with Crippen molar-refractivity contribution in [3.8, 4) is 11.3 Å². The van der Waals surface area contributed by atoms with Crippen LogP contribution in [0.25, 0.3) is 11.3 Å². The van der Waals surface area contributed by atoms with Gasteiger partial charge in [0.2, 0.25) is 0 Å². The Morgan fingerprint density at radius 3 is 2.86 bits per heavy atom. The highest BCUT2D eigenvalue weighted by atomic mass is 14.8. The van der Waals surface area contributed by atoms with E-state index in [4.69, 9.17) is 9.97 Å². The molecule has 3 unspecified atom stereocenters. The Hall–Kier alpha value is -1.70. The molecule has 0 radical (unpaired) electrons. The predicted molar refractivity (Wildman–Crippen MR) is 83.1 cm³/mol. The molecule has 0 spiro atoms. The van der Waals surface area contributed by atoms with E-state index in [0.29, 0.717) is 11.3 Å². The second kappa shape index (κ2) is 4.16. The molecule has 0 aliphatic heterocycles. The standard InChI is InChI=1S/C19H20N2/c1-2-9-19-10-8-13(5-1)16(19)18-14(6-3-11-21-18)17-15(19)7-4-12-20-17/h3-4,6-7,11-13,16H,1-2,5,8-10H2. The summed E-state index contributed by atoms with van der Waals surface area (Å²) in [5.41, 5.74) is 5.68. The Morgan fingerprint density at radius 2 is 1.86 bits per heavy atom. The maximum atomic E-state index is 4.84. The summed E-state index contributed by atoms with van der Waals surface area (Å²) in [5, 5.41) is 0. The number of hydrogen-bond acceptors (Lipinski definition) is 2. The normalized spacial score (nSPS) is 32.8. The largest absolute Gasteiger partial charge is 0.260 e. The van der Waals surface area contributed by atoms with Gasteiger partial charge in [-0.15, -0.1) is 0 Å². The quantitative estimate of drug-likeness (QED) is 0.710. The van der Waals surface area contributed by atoms with Gasteiger partial charge in [-0.25, -0.2) is 0 Å². The van der Waals surface area contributed by atoms with E-state index in [-0.39, 0.29) is 0 Å². The van der Waals surface area contributed by atoms with Crippen molar-refractivity contribution in [3.05, 3.63) is 47.9 Å². The highest BCUT2D eigenvalue weighted by Gasteiger charge is 2.55. The average molecular weight is 276 g/mol. The molecule has 2 fully saturated rings. The highest BCUT2D eigenvalue weighted by molar-refractivity contribution is 5.72. The van der Waals surface area contributed by atoms with Crippen LogP contribution < -0.4 is 0 Å². The predicted octanol–water partition coefficient (Wildman–Crippen LogP) is 4.46. The van der Waals surface area contributed by atoms with E-state index < -0.39 is 0 Å². The van der Waals surface area contributed by atoms with Crippen LogP contribution in [-0.4, -0.2) is 9.97 Å². The minimum absolute atomic E-state index is 0.326. The van der Waals surface area contributed by atoms with Gasteiger partial charge < -0.3 is 0 Å². The van der Waals surface area contributed by atoms with Gasteiger partial charge in [0, 0.05) is 29.3 Å². The first-order chi connectivity index (χ1) is 10.4. The van der Waals surface area contributed by atoms with Gasteiger partial charge in [0.15, 0.2) is 0 Å². The molecule has 2 saturated carbocycles. The second-order valence-electron chi connectivity index (χ2n) is 7.01. The van der Waals surface area contributed by atoms with Crippen LogP contribution >= 0.6 is 0 Å². The Labute approximate surface area is 125 Å². The first-order valence-corrected chi connectivity index (χ1v) is 8.31. The van der Waals surface area contributed by atoms with E-state index in [2.05, 4.69) is 24.3 Å². The van der Waals surface area contributed by atoms with Gasteiger partial charge in [-0.1, -0.05) is 18.9 Å². The highest BCUT2D eigenvalue weighted by Crippen LogP contribution is 2.63. The maximum Gasteiger partial charge on any atom is 0.0758 e. The van der Waals surface area contributed by atoms with Gasteiger partial charge in [-0.2, -0.15) is 0 Å². The van der Waals surface area contributed by atoms with Crippen LogP contribution in [0, 0.1) is 5.92 Å². The molecule has 0 N–H and O–H groups in total. The van der Waals surface area contributed by atoms with Crippen LogP contribution in [0.2, 0.25) is 0 Å². The molecule has 21 heavy (non-hydrogen) atoms. The lowest BCUT2D eigenvalue weighted by atomic mass is 9.62. The van der Waals surface area contributed by atoms with E-state index in [1.54, 1.807) is 0 Å². The molecule has 0 aromatic carbocycles. The van der Waals surface area contributed by atoms with Crippen molar-refractivity contribution < 1.29 is 0 Å². The van der Waals surface area contributed by atoms with Crippen molar-refractivity contribution in [2.75, 3.05) is 0 Å². The first kappa shape index (κ1) is 11.9. The Kier molecular flexibility index (Phi) is 2.36. The molecule has 2 heteroatoms. The van der Waals surface area contributed by atoms with Gasteiger partial charge in [0.05, 0.1) is 11.4 Å². The van der Waals surface area contributed by atoms with Gasteiger partial charge in [-0.05, 0) is 55.4 Å². The summed E-state index contributed by atoms with van der Waals surface area (Å²) in [6.07, 6.45) is 12.1. The SMILES string of the molecule is c1cnc2c(c1)-c1ncccc1C13CCCCC(CC1)C23. The summed E-state index contributed by atoms with van der Waals surface area (Å²) in [4.78, 5) is 9.59. The fourth-order valence-electron chi connectivity index (χ4n) is 5.46. The Balaban J connectivity index is 1.86. The minimum Gasteiger partial charge on any atom is -0.260 e. The Bertz CT molecular complexity index is 708. The second-order valence-corrected chi connectivity index (χ2v) is 7.01. The van der Waals surface area contributed by atoms with Crippen molar-refractivity contribution in [1.29, 1.82) is 0 Å². The molecule has 3 atom stereocenters. The van der Waals surface area contributed by atoms with Crippen LogP contribution in [-0.2, 0) is 5.41 Å². The topological polar surface area (TPSA) is 25.8 Å².